The van der Waals surface area contributed by atoms with Gasteiger partial charge in [-0.05, 0) is 61.2 Å². The largest absolute Gasteiger partial charge is 0.493 e. The molecule has 0 bridgehead atoms. The second-order valence-electron chi connectivity index (χ2n) is 8.44. The van der Waals surface area contributed by atoms with Gasteiger partial charge in [-0.25, -0.2) is 4.98 Å². The molecule has 186 valence electrons. The lowest BCUT2D eigenvalue weighted by Crippen LogP contribution is -2.26. The van der Waals surface area contributed by atoms with Gasteiger partial charge in [-0.3, -0.25) is 9.78 Å². The summed E-state index contributed by atoms with van der Waals surface area (Å²) in [6, 6.07) is 17.5. The van der Waals surface area contributed by atoms with Crippen molar-refractivity contribution >= 4 is 16.9 Å². The average molecular weight is 485 g/mol. The normalized spacial score (nSPS) is 10.8. The van der Waals surface area contributed by atoms with E-state index in [0.717, 1.165) is 59.7 Å². The Balaban J connectivity index is 1.32. The number of para-hydroxylation sites is 2. The Morgan fingerprint density at radius 3 is 2.72 bits per heavy atom. The minimum absolute atomic E-state index is 0.106. The molecular formula is C29H32N4O3. The van der Waals surface area contributed by atoms with Crippen molar-refractivity contribution < 1.29 is 14.3 Å². The minimum Gasteiger partial charge on any atom is -0.493 e. The molecule has 0 saturated heterocycles. The van der Waals surface area contributed by atoms with E-state index in [-0.39, 0.29) is 5.91 Å². The molecule has 7 heteroatoms. The average Bonchev–Trinajstić information content (AvgIpc) is 3.26. The van der Waals surface area contributed by atoms with Gasteiger partial charge in [-0.2, -0.15) is 0 Å². The molecule has 0 atom stereocenters. The summed E-state index contributed by atoms with van der Waals surface area (Å²) < 4.78 is 13.7. The number of ether oxygens (including phenoxy) is 2. The van der Waals surface area contributed by atoms with Crippen molar-refractivity contribution in [3.05, 3.63) is 96.6 Å². The molecule has 0 aliphatic carbocycles. The predicted octanol–water partition coefficient (Wildman–Crippen LogP) is 5.00. The number of methoxy groups -OCH3 is 1. The van der Waals surface area contributed by atoms with Gasteiger partial charge >= 0.3 is 0 Å². The fraction of sp³-hybridized carbons (Fsp3) is 0.276. The molecule has 2 heterocycles. The Kier molecular flexibility index (Phi) is 8.70. The molecular weight excluding hydrogens is 452 g/mol. The van der Waals surface area contributed by atoms with E-state index in [4.69, 9.17) is 14.5 Å². The second-order valence-corrected chi connectivity index (χ2v) is 8.44. The van der Waals surface area contributed by atoms with E-state index in [1.54, 1.807) is 31.6 Å². The van der Waals surface area contributed by atoms with Gasteiger partial charge in [0, 0.05) is 37.5 Å². The van der Waals surface area contributed by atoms with Gasteiger partial charge in [-0.1, -0.05) is 24.3 Å². The monoisotopic (exact) mass is 484 g/mol. The van der Waals surface area contributed by atoms with Crippen molar-refractivity contribution in [3.8, 4) is 11.5 Å². The molecule has 0 saturated carbocycles. The van der Waals surface area contributed by atoms with Crippen molar-refractivity contribution in [2.24, 2.45) is 0 Å². The van der Waals surface area contributed by atoms with E-state index in [1.165, 1.54) is 0 Å². The van der Waals surface area contributed by atoms with E-state index in [1.807, 2.05) is 42.5 Å². The van der Waals surface area contributed by atoms with Gasteiger partial charge in [0.25, 0.3) is 5.91 Å². The third-order valence-electron chi connectivity index (χ3n) is 5.95. The van der Waals surface area contributed by atoms with Gasteiger partial charge in [0.1, 0.15) is 5.82 Å². The number of amides is 1. The van der Waals surface area contributed by atoms with Crippen LogP contribution in [0, 0.1) is 0 Å². The highest BCUT2D eigenvalue weighted by Crippen LogP contribution is 2.28. The lowest BCUT2D eigenvalue weighted by Gasteiger charge is -2.13. The highest BCUT2D eigenvalue weighted by molar-refractivity contribution is 5.93. The first kappa shape index (κ1) is 25.0. The number of pyridine rings is 1. The van der Waals surface area contributed by atoms with E-state index >= 15 is 0 Å². The third kappa shape index (κ3) is 6.30. The van der Waals surface area contributed by atoms with Gasteiger partial charge in [0.05, 0.1) is 24.8 Å². The van der Waals surface area contributed by atoms with E-state index < -0.39 is 0 Å². The van der Waals surface area contributed by atoms with Crippen LogP contribution < -0.4 is 14.8 Å². The predicted molar refractivity (Wildman–Crippen MR) is 142 cm³/mol. The van der Waals surface area contributed by atoms with Crippen LogP contribution in [0.15, 0.2) is 79.6 Å². The maximum Gasteiger partial charge on any atom is 0.251 e. The fourth-order valence-electron chi connectivity index (χ4n) is 4.14. The summed E-state index contributed by atoms with van der Waals surface area (Å²) in [5.41, 5.74) is 3.82. The minimum atomic E-state index is -0.106. The number of unbranched alkanes of at least 4 members (excludes halogenated alkanes) is 1. The molecule has 0 fully saturated rings. The fourth-order valence-corrected chi connectivity index (χ4v) is 4.14. The molecule has 2 aromatic carbocycles. The number of aryl methyl sites for hydroxylation is 1. The number of hydrogen-bond donors (Lipinski definition) is 1. The topological polar surface area (TPSA) is 78.3 Å². The third-order valence-corrected chi connectivity index (χ3v) is 5.95. The number of aromatic nitrogens is 3. The van der Waals surface area contributed by atoms with E-state index in [0.29, 0.717) is 25.1 Å². The lowest BCUT2D eigenvalue weighted by atomic mass is 10.1. The summed E-state index contributed by atoms with van der Waals surface area (Å²) in [5, 5.41) is 2.98. The van der Waals surface area contributed by atoms with Crippen LogP contribution in [0.2, 0.25) is 0 Å². The van der Waals surface area contributed by atoms with Crippen molar-refractivity contribution in [3.63, 3.8) is 0 Å². The zero-order chi connectivity index (χ0) is 25.2. The quantitative estimate of drug-likeness (QED) is 0.213. The van der Waals surface area contributed by atoms with Crippen LogP contribution >= 0.6 is 0 Å². The molecule has 1 N–H and O–H groups in total. The smallest absolute Gasteiger partial charge is 0.251 e. The molecule has 4 rings (SSSR count). The number of nitrogens with zero attached hydrogens (tertiary/aromatic N) is 3. The molecule has 4 aromatic rings. The number of imidazole rings is 1. The van der Waals surface area contributed by atoms with Crippen LogP contribution in [0.5, 0.6) is 11.5 Å². The maximum atomic E-state index is 12.4. The molecule has 7 nitrogen and oxygen atoms in total. The Morgan fingerprint density at radius 1 is 1.08 bits per heavy atom. The number of hydrogen-bond acceptors (Lipinski definition) is 5. The molecule has 2 aromatic heterocycles. The Labute approximate surface area is 211 Å². The van der Waals surface area contributed by atoms with Crippen molar-refractivity contribution in [1.29, 1.82) is 0 Å². The standard InChI is InChI=1S/C29H32N4O3/c1-3-8-22-11-12-26(27(21-22)35-2)36-20-7-6-19-33-25-10-5-4-9-24(25)32-28(33)15-18-31-29(34)23-13-16-30-17-14-23/h3-5,9-14,16-17,21H,1,6-8,15,18-20H2,2H3,(H,31,34). The van der Waals surface area contributed by atoms with E-state index in [2.05, 4.69) is 27.5 Å². The molecule has 0 unspecified atom stereocenters. The molecule has 0 spiro atoms. The molecule has 0 aliphatic rings. The Hall–Kier alpha value is -4.13. The Morgan fingerprint density at radius 2 is 1.92 bits per heavy atom. The van der Waals surface area contributed by atoms with Crippen molar-refractivity contribution in [1.82, 2.24) is 19.9 Å². The summed E-state index contributed by atoms with van der Waals surface area (Å²) in [7, 11) is 1.66. The maximum absolute atomic E-state index is 12.4. The molecule has 1 amide bonds. The zero-order valence-corrected chi connectivity index (χ0v) is 20.7. The zero-order valence-electron chi connectivity index (χ0n) is 20.7. The second kappa shape index (κ2) is 12.5. The van der Waals surface area contributed by atoms with Gasteiger partial charge in [0.15, 0.2) is 11.5 Å². The van der Waals surface area contributed by atoms with E-state index in [9.17, 15) is 4.79 Å². The first-order valence-electron chi connectivity index (χ1n) is 12.2. The molecule has 0 radical (unpaired) electrons. The number of fused-ring (bicyclic) bond motifs is 1. The van der Waals surface area contributed by atoms with Crippen LogP contribution in [0.25, 0.3) is 11.0 Å². The summed E-state index contributed by atoms with van der Waals surface area (Å²) in [6.45, 7) is 5.72. The number of allylic oxidation sites excluding steroid dienone is 1. The van der Waals surface area contributed by atoms with Gasteiger partial charge in [-0.15, -0.1) is 6.58 Å². The van der Waals surface area contributed by atoms with Crippen LogP contribution in [0.1, 0.15) is 34.6 Å². The first-order chi connectivity index (χ1) is 17.7. The van der Waals surface area contributed by atoms with Crippen LogP contribution in [-0.2, 0) is 19.4 Å². The molecule has 36 heavy (non-hydrogen) atoms. The van der Waals surface area contributed by atoms with Gasteiger partial charge in [0.2, 0.25) is 0 Å². The molecule has 0 aliphatic heterocycles. The highest BCUT2D eigenvalue weighted by Gasteiger charge is 2.12. The lowest BCUT2D eigenvalue weighted by molar-refractivity contribution is 0.0953. The highest BCUT2D eigenvalue weighted by atomic mass is 16.5. The SMILES string of the molecule is C=CCc1ccc(OCCCCn2c(CCNC(=O)c3ccncc3)nc3ccccc32)c(OC)c1. The summed E-state index contributed by atoms with van der Waals surface area (Å²) >= 11 is 0. The van der Waals surface area contributed by atoms with Crippen LogP contribution in [0.3, 0.4) is 0 Å². The first-order valence-corrected chi connectivity index (χ1v) is 12.2. The van der Waals surface area contributed by atoms with Crippen molar-refractivity contribution in [2.45, 2.75) is 32.2 Å². The number of rotatable bonds is 13. The summed E-state index contributed by atoms with van der Waals surface area (Å²) in [6.07, 6.45) is 8.38. The summed E-state index contributed by atoms with van der Waals surface area (Å²) in [4.78, 5) is 21.1. The number of carbonyl (C=O) groups is 1. The number of carbonyl (C=O) groups excluding carboxylic acids is 1. The number of nitrogens with one attached hydrogen (secondary N) is 1. The number of benzene rings is 2. The van der Waals surface area contributed by atoms with Crippen molar-refractivity contribution in [2.75, 3.05) is 20.3 Å². The van der Waals surface area contributed by atoms with Crippen LogP contribution in [-0.4, -0.2) is 40.7 Å². The summed E-state index contributed by atoms with van der Waals surface area (Å²) in [5.74, 6) is 2.35. The Bertz CT molecular complexity index is 1300. The van der Waals surface area contributed by atoms with Crippen LogP contribution in [0.4, 0.5) is 0 Å². The van der Waals surface area contributed by atoms with Gasteiger partial charge < -0.3 is 19.4 Å².